The van der Waals surface area contributed by atoms with Crippen molar-refractivity contribution in [1.29, 1.82) is 0 Å². The Morgan fingerprint density at radius 3 is 2.60 bits per heavy atom. The van der Waals surface area contributed by atoms with Crippen molar-refractivity contribution in [3.05, 3.63) is 22.7 Å². The maximum Gasteiger partial charge on any atom is 0.243 e. The number of ether oxygens (including phenoxy) is 2. The Morgan fingerprint density at radius 1 is 1.35 bits per heavy atom. The normalized spacial score (nSPS) is 17.4. The lowest BCUT2D eigenvalue weighted by Gasteiger charge is -2.30. The molecule has 0 radical (unpaired) electrons. The highest BCUT2D eigenvalue weighted by molar-refractivity contribution is 9.10. The molecule has 0 aliphatic carbocycles. The van der Waals surface area contributed by atoms with Crippen LogP contribution in [0.15, 0.2) is 27.6 Å². The smallest absolute Gasteiger partial charge is 0.243 e. The average molecular weight is 364 g/mol. The second kappa shape index (κ2) is 6.43. The van der Waals surface area contributed by atoms with E-state index in [2.05, 4.69) is 15.9 Å². The first-order valence-corrected chi connectivity index (χ1v) is 8.59. The van der Waals surface area contributed by atoms with E-state index in [0.717, 1.165) is 17.3 Å². The van der Waals surface area contributed by atoms with E-state index < -0.39 is 10.0 Å². The van der Waals surface area contributed by atoms with Gasteiger partial charge in [0, 0.05) is 32.4 Å². The van der Waals surface area contributed by atoms with Crippen LogP contribution >= 0.6 is 15.9 Å². The van der Waals surface area contributed by atoms with Crippen molar-refractivity contribution in [2.75, 3.05) is 27.4 Å². The summed E-state index contributed by atoms with van der Waals surface area (Å²) in [5.41, 5.74) is 0. The van der Waals surface area contributed by atoms with Crippen molar-refractivity contribution in [2.45, 2.75) is 23.8 Å². The van der Waals surface area contributed by atoms with Crippen LogP contribution in [0.1, 0.15) is 12.8 Å². The molecule has 20 heavy (non-hydrogen) atoms. The molecular weight excluding hydrogens is 346 g/mol. The fraction of sp³-hybridized carbons (Fsp3) is 0.538. The van der Waals surface area contributed by atoms with Gasteiger partial charge < -0.3 is 9.47 Å². The molecule has 0 unspecified atom stereocenters. The summed E-state index contributed by atoms with van der Waals surface area (Å²) in [5.74, 6) is 0.506. The molecule has 1 fully saturated rings. The molecule has 0 amide bonds. The molecule has 1 aromatic rings. The Balaban J connectivity index is 2.29. The van der Waals surface area contributed by atoms with Gasteiger partial charge in [0.05, 0.1) is 16.5 Å². The number of hydrogen-bond acceptors (Lipinski definition) is 4. The maximum absolute atomic E-state index is 12.6. The lowest BCUT2D eigenvalue weighted by atomic mass is 10.1. The minimum Gasteiger partial charge on any atom is -0.496 e. The van der Waals surface area contributed by atoms with Crippen molar-refractivity contribution in [1.82, 2.24) is 4.31 Å². The summed E-state index contributed by atoms with van der Waals surface area (Å²) in [6, 6.07) is 4.79. The first kappa shape index (κ1) is 15.8. The summed E-state index contributed by atoms with van der Waals surface area (Å²) >= 11 is 3.32. The maximum atomic E-state index is 12.6. The summed E-state index contributed by atoms with van der Waals surface area (Å²) < 4.78 is 37.9. The molecule has 1 aliphatic rings. The molecular formula is C13H18BrNO4S. The molecule has 7 heteroatoms. The van der Waals surface area contributed by atoms with Gasteiger partial charge in [-0.1, -0.05) is 0 Å². The van der Waals surface area contributed by atoms with Gasteiger partial charge in [0.2, 0.25) is 10.0 Å². The summed E-state index contributed by atoms with van der Waals surface area (Å²) in [5, 5.41) is 0. The third kappa shape index (κ3) is 3.16. The predicted molar refractivity (Wildman–Crippen MR) is 79.5 cm³/mol. The number of sulfonamides is 1. The molecule has 0 spiro atoms. The van der Waals surface area contributed by atoms with E-state index in [4.69, 9.17) is 9.47 Å². The van der Waals surface area contributed by atoms with Gasteiger partial charge in [0.15, 0.2) is 0 Å². The van der Waals surface area contributed by atoms with Crippen molar-refractivity contribution in [2.24, 2.45) is 0 Å². The molecule has 1 aliphatic heterocycles. The van der Waals surface area contributed by atoms with Gasteiger partial charge in [-0.15, -0.1) is 0 Å². The minimum absolute atomic E-state index is 0.0107. The molecule has 0 atom stereocenters. The average Bonchev–Trinajstić information content (AvgIpc) is 2.47. The van der Waals surface area contributed by atoms with Crippen LogP contribution in [0.25, 0.3) is 0 Å². The van der Waals surface area contributed by atoms with Crippen LogP contribution in [-0.2, 0) is 14.8 Å². The van der Waals surface area contributed by atoms with Crippen LogP contribution in [0, 0.1) is 0 Å². The zero-order valence-corrected chi connectivity index (χ0v) is 13.9. The molecule has 0 bridgehead atoms. The van der Waals surface area contributed by atoms with E-state index in [-0.39, 0.29) is 10.9 Å². The Labute approximate surface area is 128 Å². The molecule has 0 aromatic heterocycles. The molecule has 0 N–H and O–H groups in total. The monoisotopic (exact) mass is 363 g/mol. The largest absolute Gasteiger partial charge is 0.496 e. The summed E-state index contributed by atoms with van der Waals surface area (Å²) in [7, 11) is -0.374. The Morgan fingerprint density at radius 2 is 2.00 bits per heavy atom. The second-order valence-electron chi connectivity index (χ2n) is 4.66. The van der Waals surface area contributed by atoms with Gasteiger partial charge >= 0.3 is 0 Å². The van der Waals surface area contributed by atoms with E-state index in [1.54, 1.807) is 19.2 Å². The van der Waals surface area contributed by atoms with Crippen molar-refractivity contribution in [3.63, 3.8) is 0 Å². The Kier molecular flexibility index (Phi) is 5.06. The molecule has 5 nitrogen and oxygen atoms in total. The zero-order valence-electron chi connectivity index (χ0n) is 11.5. The number of benzene rings is 1. The number of rotatable bonds is 4. The number of methoxy groups -OCH3 is 1. The van der Waals surface area contributed by atoms with Gasteiger partial charge in [0.25, 0.3) is 0 Å². The fourth-order valence-corrected chi connectivity index (χ4v) is 4.05. The van der Waals surface area contributed by atoms with Gasteiger partial charge in [-0.05, 0) is 40.9 Å². The highest BCUT2D eigenvalue weighted by Gasteiger charge is 2.29. The SMILES string of the molecule is COc1cc(S(=O)(=O)N(C)C2CCOCC2)ccc1Br. The highest BCUT2D eigenvalue weighted by Crippen LogP contribution is 2.30. The van der Waals surface area contributed by atoms with Crippen molar-refractivity contribution in [3.8, 4) is 5.75 Å². The fourth-order valence-electron chi connectivity index (χ4n) is 2.21. The predicted octanol–water partition coefficient (Wildman–Crippen LogP) is 2.26. The van der Waals surface area contributed by atoms with E-state index in [0.29, 0.717) is 19.0 Å². The van der Waals surface area contributed by atoms with Crippen molar-refractivity contribution < 1.29 is 17.9 Å². The van der Waals surface area contributed by atoms with Crippen LogP contribution in [-0.4, -0.2) is 46.1 Å². The third-order valence-corrected chi connectivity index (χ3v) is 6.07. The van der Waals surface area contributed by atoms with Crippen LogP contribution < -0.4 is 4.74 Å². The zero-order chi connectivity index (χ0) is 14.8. The first-order valence-electron chi connectivity index (χ1n) is 6.36. The minimum atomic E-state index is -3.51. The molecule has 0 saturated carbocycles. The van der Waals surface area contributed by atoms with Gasteiger partial charge in [-0.3, -0.25) is 0 Å². The number of halogens is 1. The molecule has 1 saturated heterocycles. The molecule has 2 rings (SSSR count). The summed E-state index contributed by atoms with van der Waals surface area (Å²) in [4.78, 5) is 0.242. The lowest BCUT2D eigenvalue weighted by molar-refractivity contribution is 0.0632. The number of hydrogen-bond donors (Lipinski definition) is 0. The highest BCUT2D eigenvalue weighted by atomic mass is 79.9. The second-order valence-corrected chi connectivity index (χ2v) is 7.51. The van der Waals surface area contributed by atoms with Crippen LogP contribution in [0.2, 0.25) is 0 Å². The van der Waals surface area contributed by atoms with E-state index in [9.17, 15) is 8.42 Å². The molecule has 1 heterocycles. The van der Waals surface area contributed by atoms with Crippen LogP contribution in [0.4, 0.5) is 0 Å². The lowest BCUT2D eigenvalue weighted by Crippen LogP contribution is -2.40. The summed E-state index contributed by atoms with van der Waals surface area (Å²) in [6.07, 6.45) is 1.45. The molecule has 112 valence electrons. The van der Waals surface area contributed by atoms with Gasteiger partial charge in [0.1, 0.15) is 5.75 Å². The van der Waals surface area contributed by atoms with E-state index in [1.165, 1.54) is 17.5 Å². The summed E-state index contributed by atoms with van der Waals surface area (Å²) in [6.45, 7) is 1.21. The first-order chi connectivity index (χ1) is 9.46. The van der Waals surface area contributed by atoms with Crippen LogP contribution in [0.5, 0.6) is 5.75 Å². The molecule has 1 aromatic carbocycles. The quantitative estimate of drug-likeness (QED) is 0.823. The van der Waals surface area contributed by atoms with Crippen molar-refractivity contribution >= 4 is 26.0 Å². The topological polar surface area (TPSA) is 55.8 Å². The van der Waals surface area contributed by atoms with Gasteiger partial charge in [-0.2, -0.15) is 4.31 Å². The standard InChI is InChI=1S/C13H18BrNO4S/c1-15(10-5-7-19-8-6-10)20(16,17)11-3-4-12(14)13(9-11)18-2/h3-4,9-10H,5-8H2,1-2H3. The van der Waals surface area contributed by atoms with E-state index >= 15 is 0 Å². The van der Waals surface area contributed by atoms with Gasteiger partial charge in [-0.25, -0.2) is 8.42 Å². The van der Waals surface area contributed by atoms with Crippen LogP contribution in [0.3, 0.4) is 0 Å². The Hall–Kier alpha value is -0.630. The number of nitrogens with zero attached hydrogens (tertiary/aromatic N) is 1. The Bertz CT molecular complexity index is 570. The van der Waals surface area contributed by atoms with E-state index in [1.807, 2.05) is 0 Å². The third-order valence-electron chi connectivity index (χ3n) is 3.50.